The molecule has 2 atom stereocenters. The average molecular weight is 702 g/mol. The van der Waals surface area contributed by atoms with Crippen LogP contribution in [0.25, 0.3) is 33.4 Å². The van der Waals surface area contributed by atoms with Crippen LogP contribution in [0.5, 0.6) is 0 Å². The SMILES string of the molecule is CCC1CC2CCCC(C1)C21c2ccccc2-c2c(N(c3ccc(-c4ccccc4)cc3)c3ccc4c(c3)C3(CCCCC3)c3ccccc3-4)cccc21. The highest BCUT2D eigenvalue weighted by molar-refractivity contribution is 5.96. The molecule has 0 N–H and O–H groups in total. The number of benzene rings is 6. The van der Waals surface area contributed by atoms with E-state index < -0.39 is 0 Å². The topological polar surface area (TPSA) is 3.24 Å². The molecule has 54 heavy (non-hydrogen) atoms. The zero-order chi connectivity index (χ0) is 35.9. The Hall–Kier alpha value is -4.88. The van der Waals surface area contributed by atoms with E-state index in [-0.39, 0.29) is 10.8 Å². The molecule has 5 aliphatic rings. The summed E-state index contributed by atoms with van der Waals surface area (Å²) in [6, 6.07) is 54.1. The van der Waals surface area contributed by atoms with Crippen LogP contribution in [0.3, 0.4) is 0 Å². The highest BCUT2D eigenvalue weighted by Gasteiger charge is 2.58. The van der Waals surface area contributed by atoms with Gasteiger partial charge in [0.2, 0.25) is 0 Å². The maximum absolute atomic E-state index is 2.64. The molecule has 2 unspecified atom stereocenters. The number of fused-ring (bicyclic) bond motifs is 8. The second-order valence-corrected chi connectivity index (χ2v) is 17.4. The zero-order valence-corrected chi connectivity index (χ0v) is 31.7. The molecule has 0 amide bonds. The maximum atomic E-state index is 2.64. The lowest BCUT2D eigenvalue weighted by Crippen LogP contribution is -2.49. The minimum atomic E-state index is 0.105. The molecule has 1 heteroatoms. The van der Waals surface area contributed by atoms with Crippen LogP contribution in [0.2, 0.25) is 0 Å². The van der Waals surface area contributed by atoms with Crippen LogP contribution < -0.4 is 4.90 Å². The lowest BCUT2D eigenvalue weighted by Gasteiger charge is -2.55. The van der Waals surface area contributed by atoms with Crippen molar-refractivity contribution in [3.8, 4) is 33.4 Å². The molecule has 6 aromatic rings. The highest BCUT2D eigenvalue weighted by atomic mass is 15.1. The van der Waals surface area contributed by atoms with Crippen molar-refractivity contribution >= 4 is 17.1 Å². The normalized spacial score (nSPS) is 24.1. The first kappa shape index (κ1) is 32.5. The predicted octanol–water partition coefficient (Wildman–Crippen LogP) is 14.6. The molecule has 0 radical (unpaired) electrons. The van der Waals surface area contributed by atoms with Crippen molar-refractivity contribution in [1.29, 1.82) is 0 Å². The Bertz CT molecular complexity index is 2350. The van der Waals surface area contributed by atoms with Crippen LogP contribution in [0.15, 0.2) is 140 Å². The summed E-state index contributed by atoms with van der Waals surface area (Å²) in [5.41, 5.74) is 18.7. The Balaban J connectivity index is 1.14. The van der Waals surface area contributed by atoms with Gasteiger partial charge in [0.25, 0.3) is 0 Å². The van der Waals surface area contributed by atoms with Gasteiger partial charge in [0.1, 0.15) is 0 Å². The molecule has 3 saturated carbocycles. The van der Waals surface area contributed by atoms with Crippen molar-refractivity contribution < 1.29 is 0 Å². The van der Waals surface area contributed by atoms with Gasteiger partial charge in [-0.1, -0.05) is 148 Å². The Morgan fingerprint density at radius 2 is 1.15 bits per heavy atom. The molecule has 2 bridgehead atoms. The second kappa shape index (κ2) is 12.6. The van der Waals surface area contributed by atoms with Crippen LogP contribution in [0.1, 0.15) is 99.8 Å². The molecule has 0 aromatic heterocycles. The molecule has 2 spiro atoms. The number of rotatable bonds is 5. The van der Waals surface area contributed by atoms with Gasteiger partial charge in [0, 0.05) is 27.8 Å². The van der Waals surface area contributed by atoms with Crippen LogP contribution >= 0.6 is 0 Å². The Labute approximate surface area is 322 Å². The molecule has 11 rings (SSSR count). The van der Waals surface area contributed by atoms with Crippen LogP contribution in [-0.4, -0.2) is 0 Å². The summed E-state index contributed by atoms with van der Waals surface area (Å²) >= 11 is 0. The molecule has 0 heterocycles. The smallest absolute Gasteiger partial charge is 0.0543 e. The second-order valence-electron chi connectivity index (χ2n) is 17.4. The third-order valence-corrected chi connectivity index (χ3v) is 15.0. The predicted molar refractivity (Wildman–Crippen MR) is 226 cm³/mol. The van der Waals surface area contributed by atoms with Gasteiger partial charge < -0.3 is 4.90 Å². The lowest BCUT2D eigenvalue weighted by molar-refractivity contribution is 0.0492. The molecular weight excluding hydrogens is 651 g/mol. The van der Waals surface area contributed by atoms with E-state index in [9.17, 15) is 0 Å². The van der Waals surface area contributed by atoms with Crippen LogP contribution in [0.4, 0.5) is 17.1 Å². The van der Waals surface area contributed by atoms with E-state index in [1.54, 1.807) is 22.3 Å². The summed E-state index contributed by atoms with van der Waals surface area (Å²) < 4.78 is 0. The summed E-state index contributed by atoms with van der Waals surface area (Å²) in [7, 11) is 0. The van der Waals surface area contributed by atoms with Gasteiger partial charge in [-0.05, 0) is 137 Å². The van der Waals surface area contributed by atoms with Crippen molar-refractivity contribution in [3.63, 3.8) is 0 Å². The first-order valence-electron chi connectivity index (χ1n) is 21.1. The van der Waals surface area contributed by atoms with Crippen LogP contribution in [0, 0.1) is 17.8 Å². The summed E-state index contributed by atoms with van der Waals surface area (Å²) in [5.74, 6) is 2.26. The van der Waals surface area contributed by atoms with E-state index in [0.29, 0.717) is 11.8 Å². The molecule has 5 aliphatic carbocycles. The highest BCUT2D eigenvalue weighted by Crippen LogP contribution is 2.67. The average Bonchev–Trinajstić information content (AvgIpc) is 3.66. The summed E-state index contributed by atoms with van der Waals surface area (Å²) in [6.45, 7) is 2.43. The maximum Gasteiger partial charge on any atom is 0.0543 e. The standard InChI is InChI=1S/C53H51N/c1-2-36-33-39-17-13-18-40(34-36)53(39)47-22-10-8-20-45(47)51-48(53)23-14-24-50(51)54(41-27-25-38(26-28-41)37-15-5-3-6-16-37)42-29-30-44-43-19-7-9-21-46(43)52(49(44)35-42)31-11-4-12-32-52/h3,5-10,14-16,19-30,35-36,39-40H,2,4,11-13,17-18,31-34H2,1H3. The molecule has 268 valence electrons. The van der Waals surface area contributed by atoms with Gasteiger partial charge in [-0.25, -0.2) is 0 Å². The third kappa shape index (κ3) is 4.57. The quantitative estimate of drug-likeness (QED) is 0.173. The summed E-state index contributed by atoms with van der Waals surface area (Å²) in [6.07, 6.45) is 14.5. The van der Waals surface area contributed by atoms with Crippen molar-refractivity contribution in [3.05, 3.63) is 162 Å². The third-order valence-electron chi connectivity index (χ3n) is 15.0. The molecule has 0 aliphatic heterocycles. The number of hydrogen-bond donors (Lipinski definition) is 0. The van der Waals surface area contributed by atoms with Gasteiger partial charge in [-0.15, -0.1) is 0 Å². The zero-order valence-electron chi connectivity index (χ0n) is 31.7. The number of hydrogen-bond acceptors (Lipinski definition) is 1. The largest absolute Gasteiger partial charge is 0.310 e. The first-order valence-corrected chi connectivity index (χ1v) is 21.1. The fourth-order valence-electron chi connectivity index (χ4n) is 12.8. The van der Waals surface area contributed by atoms with E-state index >= 15 is 0 Å². The van der Waals surface area contributed by atoms with Gasteiger partial charge >= 0.3 is 0 Å². The van der Waals surface area contributed by atoms with Gasteiger partial charge in [0.15, 0.2) is 0 Å². The lowest BCUT2D eigenvalue weighted by atomic mass is 9.49. The molecule has 3 fully saturated rings. The first-order chi connectivity index (χ1) is 26.7. The Kier molecular flexibility index (Phi) is 7.59. The van der Waals surface area contributed by atoms with Gasteiger partial charge in [-0.3, -0.25) is 0 Å². The van der Waals surface area contributed by atoms with Crippen LogP contribution in [-0.2, 0) is 10.8 Å². The summed E-state index contributed by atoms with van der Waals surface area (Å²) in [4.78, 5) is 2.64. The minimum Gasteiger partial charge on any atom is -0.310 e. The van der Waals surface area contributed by atoms with E-state index in [4.69, 9.17) is 0 Å². The fourth-order valence-corrected chi connectivity index (χ4v) is 12.8. The van der Waals surface area contributed by atoms with E-state index in [1.165, 1.54) is 121 Å². The molecule has 1 nitrogen and oxygen atoms in total. The number of nitrogens with zero attached hydrogens (tertiary/aromatic N) is 1. The van der Waals surface area contributed by atoms with Crippen molar-refractivity contribution in [1.82, 2.24) is 0 Å². The van der Waals surface area contributed by atoms with Crippen molar-refractivity contribution in [2.24, 2.45) is 17.8 Å². The van der Waals surface area contributed by atoms with E-state index in [1.807, 2.05) is 0 Å². The van der Waals surface area contributed by atoms with E-state index in [0.717, 1.165) is 5.92 Å². The number of anilines is 3. The Morgan fingerprint density at radius 3 is 1.91 bits per heavy atom. The van der Waals surface area contributed by atoms with Gasteiger partial charge in [-0.2, -0.15) is 0 Å². The fraction of sp³-hybridized carbons (Fsp3) is 0.321. The van der Waals surface area contributed by atoms with Gasteiger partial charge in [0.05, 0.1) is 5.69 Å². The van der Waals surface area contributed by atoms with E-state index in [2.05, 4.69) is 151 Å². The van der Waals surface area contributed by atoms with Crippen molar-refractivity contribution in [2.75, 3.05) is 4.90 Å². The Morgan fingerprint density at radius 1 is 0.519 bits per heavy atom. The summed E-state index contributed by atoms with van der Waals surface area (Å²) in [5, 5.41) is 0. The molecular formula is C53H51N. The minimum absolute atomic E-state index is 0.105. The van der Waals surface area contributed by atoms with Crippen molar-refractivity contribution in [2.45, 2.75) is 88.4 Å². The monoisotopic (exact) mass is 701 g/mol. The molecule has 0 saturated heterocycles. The molecule has 6 aromatic carbocycles.